The van der Waals surface area contributed by atoms with Crippen LogP contribution in [-0.4, -0.2) is 16.5 Å². The van der Waals surface area contributed by atoms with Crippen LogP contribution in [0.2, 0.25) is 0 Å². The quantitative estimate of drug-likeness (QED) is 0.790. The Morgan fingerprint density at radius 2 is 2.06 bits per heavy atom. The second-order valence-corrected chi connectivity index (χ2v) is 4.78. The van der Waals surface area contributed by atoms with E-state index < -0.39 is 0 Å². The Bertz CT molecular complexity index is 512. The molecule has 0 atom stereocenters. The normalized spacial score (nSPS) is 17.5. The third kappa shape index (κ3) is 1.79. The van der Waals surface area contributed by atoms with Crippen LogP contribution in [0.15, 0.2) is 24.4 Å². The molecule has 0 aromatic carbocycles. The minimum atomic E-state index is 0.600. The van der Waals surface area contributed by atoms with Crippen LogP contribution in [0.3, 0.4) is 0 Å². The minimum Gasteiger partial charge on any atom is -0.482 e. The second kappa shape index (κ2) is 4.40. The van der Waals surface area contributed by atoms with Gasteiger partial charge in [0.1, 0.15) is 5.82 Å². The fraction of sp³-hybridized carbons (Fsp3) is 0.500. The lowest BCUT2D eigenvalue weighted by Gasteiger charge is -2.21. The summed E-state index contributed by atoms with van der Waals surface area (Å²) in [6.07, 6.45) is 8.50. The van der Waals surface area contributed by atoms with Crippen LogP contribution in [-0.2, 0) is 0 Å². The molecule has 0 spiro atoms. The molecule has 0 aliphatic heterocycles. The minimum absolute atomic E-state index is 0.600. The van der Waals surface area contributed by atoms with Gasteiger partial charge in [0, 0.05) is 5.92 Å². The molecule has 1 aliphatic carbocycles. The second-order valence-electron chi connectivity index (χ2n) is 4.78. The maximum atomic E-state index is 5.44. The van der Waals surface area contributed by atoms with Gasteiger partial charge in [-0.3, -0.25) is 4.40 Å². The van der Waals surface area contributed by atoms with Gasteiger partial charge < -0.3 is 4.74 Å². The molecule has 0 N–H and O–H groups in total. The lowest BCUT2D eigenvalue weighted by molar-refractivity contribution is 0.379. The Balaban J connectivity index is 2.09. The zero-order chi connectivity index (χ0) is 11.7. The molecule has 0 radical (unpaired) electrons. The first-order valence-corrected chi connectivity index (χ1v) is 6.40. The highest BCUT2D eigenvalue weighted by atomic mass is 16.5. The summed E-state index contributed by atoms with van der Waals surface area (Å²) in [7, 11) is 1.72. The Hall–Kier alpha value is -1.51. The van der Waals surface area contributed by atoms with Crippen molar-refractivity contribution < 1.29 is 4.74 Å². The summed E-state index contributed by atoms with van der Waals surface area (Å²) in [5.41, 5.74) is 1.13. The fourth-order valence-electron chi connectivity index (χ4n) is 2.85. The zero-order valence-corrected chi connectivity index (χ0v) is 10.2. The monoisotopic (exact) mass is 230 g/mol. The van der Waals surface area contributed by atoms with Crippen LogP contribution in [0.1, 0.15) is 43.8 Å². The van der Waals surface area contributed by atoms with E-state index in [2.05, 4.69) is 15.5 Å². The largest absolute Gasteiger partial charge is 0.482 e. The first-order valence-electron chi connectivity index (χ1n) is 6.40. The van der Waals surface area contributed by atoms with Crippen molar-refractivity contribution in [2.24, 2.45) is 0 Å². The lowest BCUT2D eigenvalue weighted by Crippen LogP contribution is -2.09. The third-order valence-electron chi connectivity index (χ3n) is 3.72. The van der Waals surface area contributed by atoms with Gasteiger partial charge in [0.25, 0.3) is 0 Å². The summed E-state index contributed by atoms with van der Waals surface area (Å²) in [5.74, 6) is 2.67. The van der Waals surface area contributed by atoms with Gasteiger partial charge in [-0.15, -0.1) is 0 Å². The lowest BCUT2D eigenvalue weighted by atomic mass is 9.89. The Morgan fingerprint density at radius 3 is 2.82 bits per heavy atom. The molecule has 0 bridgehead atoms. The van der Waals surface area contributed by atoms with E-state index in [0.29, 0.717) is 5.92 Å². The van der Waals surface area contributed by atoms with Crippen LogP contribution in [0, 0.1) is 0 Å². The molecule has 1 aliphatic rings. The molecule has 3 heteroatoms. The Labute approximate surface area is 101 Å². The van der Waals surface area contributed by atoms with E-state index in [1.165, 1.54) is 37.9 Å². The molecule has 0 saturated heterocycles. The number of rotatable bonds is 2. The number of nitrogens with zero attached hydrogens (tertiary/aromatic N) is 2. The third-order valence-corrected chi connectivity index (χ3v) is 3.72. The van der Waals surface area contributed by atoms with Crippen LogP contribution in [0.25, 0.3) is 5.52 Å². The van der Waals surface area contributed by atoms with Gasteiger partial charge in [-0.2, -0.15) is 0 Å². The molecule has 3 nitrogen and oxygen atoms in total. The highest BCUT2D eigenvalue weighted by Gasteiger charge is 2.20. The molecule has 1 fully saturated rings. The summed E-state index contributed by atoms with van der Waals surface area (Å²) in [4.78, 5) is 4.61. The van der Waals surface area contributed by atoms with Gasteiger partial charge in [-0.25, -0.2) is 4.98 Å². The molecular formula is C14H18N2O. The maximum absolute atomic E-state index is 5.44. The van der Waals surface area contributed by atoms with Gasteiger partial charge in [0.05, 0.1) is 18.8 Å². The van der Waals surface area contributed by atoms with Crippen molar-refractivity contribution in [1.82, 2.24) is 9.38 Å². The molecule has 0 amide bonds. The summed E-state index contributed by atoms with van der Waals surface area (Å²) < 4.78 is 7.60. The SMILES string of the molecule is COc1cccc2cnc(C3CCCCC3)n12. The molecule has 2 heterocycles. The van der Waals surface area contributed by atoms with Crippen molar-refractivity contribution in [3.05, 3.63) is 30.2 Å². The average molecular weight is 230 g/mol. The van der Waals surface area contributed by atoms with E-state index in [-0.39, 0.29) is 0 Å². The topological polar surface area (TPSA) is 26.5 Å². The van der Waals surface area contributed by atoms with Crippen molar-refractivity contribution in [3.63, 3.8) is 0 Å². The first-order chi connectivity index (χ1) is 8.40. The van der Waals surface area contributed by atoms with Gasteiger partial charge in [-0.1, -0.05) is 25.3 Å². The van der Waals surface area contributed by atoms with E-state index in [1.807, 2.05) is 18.3 Å². The highest BCUT2D eigenvalue weighted by molar-refractivity contribution is 5.49. The summed E-state index contributed by atoms with van der Waals surface area (Å²) in [6.45, 7) is 0. The molecule has 1 saturated carbocycles. The van der Waals surface area contributed by atoms with Gasteiger partial charge in [-0.05, 0) is 25.0 Å². The number of hydrogen-bond donors (Lipinski definition) is 0. The number of methoxy groups -OCH3 is 1. The molecule has 2 aromatic heterocycles. The number of imidazole rings is 1. The standard InChI is InChI=1S/C14H18N2O/c1-17-13-9-5-8-12-10-15-14(16(12)13)11-6-3-2-4-7-11/h5,8-11H,2-4,6-7H2,1H3. The summed E-state index contributed by atoms with van der Waals surface area (Å²) in [6, 6.07) is 6.10. The van der Waals surface area contributed by atoms with Crippen LogP contribution in [0.4, 0.5) is 0 Å². The van der Waals surface area contributed by atoms with Crippen molar-refractivity contribution in [2.45, 2.75) is 38.0 Å². The van der Waals surface area contributed by atoms with E-state index >= 15 is 0 Å². The molecule has 17 heavy (non-hydrogen) atoms. The van der Waals surface area contributed by atoms with Crippen LogP contribution in [0.5, 0.6) is 5.88 Å². The number of pyridine rings is 1. The number of fused-ring (bicyclic) bond motifs is 1. The number of hydrogen-bond acceptors (Lipinski definition) is 2. The first kappa shape index (κ1) is 10.6. The molecule has 90 valence electrons. The maximum Gasteiger partial charge on any atom is 0.199 e. The molecular weight excluding hydrogens is 212 g/mol. The molecule has 3 rings (SSSR count). The number of aromatic nitrogens is 2. The summed E-state index contributed by atoms with van der Waals surface area (Å²) >= 11 is 0. The van der Waals surface area contributed by atoms with Crippen molar-refractivity contribution in [2.75, 3.05) is 7.11 Å². The van der Waals surface area contributed by atoms with E-state index in [4.69, 9.17) is 4.74 Å². The van der Waals surface area contributed by atoms with E-state index in [0.717, 1.165) is 11.4 Å². The van der Waals surface area contributed by atoms with Crippen molar-refractivity contribution in [3.8, 4) is 5.88 Å². The number of ether oxygens (including phenoxy) is 1. The van der Waals surface area contributed by atoms with Gasteiger partial charge >= 0.3 is 0 Å². The fourth-order valence-corrected chi connectivity index (χ4v) is 2.85. The Kier molecular flexibility index (Phi) is 2.75. The van der Waals surface area contributed by atoms with Gasteiger partial charge in [0.2, 0.25) is 0 Å². The van der Waals surface area contributed by atoms with Crippen LogP contribution < -0.4 is 4.74 Å². The Morgan fingerprint density at radius 1 is 1.24 bits per heavy atom. The van der Waals surface area contributed by atoms with E-state index in [1.54, 1.807) is 7.11 Å². The van der Waals surface area contributed by atoms with Crippen molar-refractivity contribution >= 4 is 5.52 Å². The predicted molar refractivity (Wildman–Crippen MR) is 67.6 cm³/mol. The predicted octanol–water partition coefficient (Wildman–Crippen LogP) is 3.39. The highest BCUT2D eigenvalue weighted by Crippen LogP contribution is 2.33. The van der Waals surface area contributed by atoms with Crippen molar-refractivity contribution in [1.29, 1.82) is 0 Å². The zero-order valence-electron chi connectivity index (χ0n) is 10.2. The molecule has 2 aromatic rings. The van der Waals surface area contributed by atoms with E-state index in [9.17, 15) is 0 Å². The smallest absolute Gasteiger partial charge is 0.199 e. The molecule has 0 unspecified atom stereocenters. The summed E-state index contributed by atoms with van der Waals surface area (Å²) in [5, 5.41) is 0. The van der Waals surface area contributed by atoms with Gasteiger partial charge in [0.15, 0.2) is 5.88 Å². The average Bonchev–Trinajstić information content (AvgIpc) is 2.83. The van der Waals surface area contributed by atoms with Crippen LogP contribution >= 0.6 is 0 Å².